The molecule has 0 aliphatic carbocycles. The summed E-state index contributed by atoms with van der Waals surface area (Å²) >= 11 is 5.43. The van der Waals surface area contributed by atoms with E-state index in [9.17, 15) is 9.18 Å². The average Bonchev–Trinajstić information content (AvgIpc) is 2.89. The van der Waals surface area contributed by atoms with Gasteiger partial charge in [0, 0.05) is 47.3 Å². The van der Waals surface area contributed by atoms with Crippen molar-refractivity contribution in [3.05, 3.63) is 83.8 Å². The predicted molar refractivity (Wildman–Crippen MR) is 144 cm³/mol. The van der Waals surface area contributed by atoms with Gasteiger partial charge >= 0.3 is 0 Å². The molecule has 0 aliphatic rings. The average molecular weight is 520 g/mol. The van der Waals surface area contributed by atoms with Gasteiger partial charge in [0.15, 0.2) is 23.1 Å². The molecule has 4 rings (SSSR count). The fraction of sp³-hybridized carbons (Fsp3) is 0.207. The quantitative estimate of drug-likeness (QED) is 0.215. The third-order valence-electron chi connectivity index (χ3n) is 5.80. The monoisotopic (exact) mass is 519 g/mol. The van der Waals surface area contributed by atoms with Gasteiger partial charge in [-0.3, -0.25) is 9.78 Å². The molecule has 0 fully saturated rings. The van der Waals surface area contributed by atoms with Crippen molar-refractivity contribution in [1.82, 2.24) is 4.98 Å². The molecule has 4 aromatic rings. The van der Waals surface area contributed by atoms with Gasteiger partial charge in [0.05, 0.1) is 26.8 Å². The van der Waals surface area contributed by atoms with Crippen molar-refractivity contribution >= 4 is 33.8 Å². The van der Waals surface area contributed by atoms with Crippen molar-refractivity contribution in [2.75, 3.05) is 21.3 Å². The smallest absolute Gasteiger partial charge is 0.166 e. The van der Waals surface area contributed by atoms with Gasteiger partial charge in [-0.2, -0.15) is 0 Å². The van der Waals surface area contributed by atoms with E-state index in [1.54, 1.807) is 50.7 Å². The Labute approximate surface area is 220 Å². The van der Waals surface area contributed by atoms with E-state index < -0.39 is 5.82 Å². The molecule has 0 saturated heterocycles. The lowest BCUT2D eigenvalue weighted by Crippen LogP contribution is -2.11. The molecule has 190 valence electrons. The number of methoxy groups -OCH3 is 3. The second kappa shape index (κ2) is 11.8. The summed E-state index contributed by atoms with van der Waals surface area (Å²) in [6, 6.07) is 17.2. The van der Waals surface area contributed by atoms with E-state index in [1.807, 2.05) is 24.3 Å². The highest BCUT2D eigenvalue weighted by molar-refractivity contribution is 7.80. The van der Waals surface area contributed by atoms with Crippen LogP contribution in [-0.4, -0.2) is 37.0 Å². The number of thiocarbonyl (C=S) groups is 1. The molecule has 6 nitrogen and oxygen atoms in total. The second-order valence-corrected chi connectivity index (χ2v) is 8.90. The molecule has 0 spiro atoms. The standard InChI is InChI=1S/C29H26FNO5S/c1-33-25-7-5-4-6-19(25)14-20(32)15-21(37)12-18-8-9-27(23(30)13-18)36-26-10-11-31-24-17-29(35-3)28(34-2)16-22(24)26/h4-11,13,16-17H,12,14-15H2,1-3H3. The summed E-state index contributed by atoms with van der Waals surface area (Å²) in [4.78, 5) is 17.4. The third-order valence-corrected chi connectivity index (χ3v) is 6.09. The molecular formula is C29H26FNO5S. The van der Waals surface area contributed by atoms with Crippen molar-refractivity contribution in [1.29, 1.82) is 0 Å². The SMILES string of the molecule is COc1ccccc1CC(=O)CC(=S)Cc1ccc(Oc2ccnc3cc(OC)c(OC)cc23)c(F)c1. The number of benzene rings is 3. The van der Waals surface area contributed by atoms with Crippen LogP contribution in [0.1, 0.15) is 17.5 Å². The number of hydrogen-bond donors (Lipinski definition) is 0. The Morgan fingerprint density at radius 1 is 0.838 bits per heavy atom. The minimum absolute atomic E-state index is 0.0217. The van der Waals surface area contributed by atoms with Gasteiger partial charge in [-0.05, 0) is 35.9 Å². The van der Waals surface area contributed by atoms with Crippen molar-refractivity contribution in [3.8, 4) is 28.7 Å². The first-order chi connectivity index (χ1) is 17.9. The number of hydrogen-bond acceptors (Lipinski definition) is 7. The lowest BCUT2D eigenvalue weighted by atomic mass is 10.0. The number of pyridine rings is 1. The summed E-state index contributed by atoms with van der Waals surface area (Å²) in [6.07, 6.45) is 2.24. The maximum atomic E-state index is 15.0. The van der Waals surface area contributed by atoms with E-state index in [1.165, 1.54) is 13.2 Å². The lowest BCUT2D eigenvalue weighted by molar-refractivity contribution is -0.117. The van der Waals surface area contributed by atoms with E-state index in [0.717, 1.165) is 5.56 Å². The maximum Gasteiger partial charge on any atom is 0.166 e. The van der Waals surface area contributed by atoms with Gasteiger partial charge in [0.2, 0.25) is 0 Å². The van der Waals surface area contributed by atoms with Gasteiger partial charge in [-0.25, -0.2) is 4.39 Å². The van der Waals surface area contributed by atoms with E-state index in [-0.39, 0.29) is 24.4 Å². The molecule has 37 heavy (non-hydrogen) atoms. The minimum atomic E-state index is -0.536. The van der Waals surface area contributed by atoms with Crippen LogP contribution in [0.5, 0.6) is 28.7 Å². The number of aromatic nitrogens is 1. The first-order valence-corrected chi connectivity index (χ1v) is 11.9. The highest BCUT2D eigenvalue weighted by Crippen LogP contribution is 2.37. The van der Waals surface area contributed by atoms with Crippen LogP contribution >= 0.6 is 12.2 Å². The molecule has 0 saturated carbocycles. The number of para-hydroxylation sites is 1. The summed E-state index contributed by atoms with van der Waals surface area (Å²) in [6.45, 7) is 0. The number of carbonyl (C=O) groups excluding carboxylic acids is 1. The Morgan fingerprint density at radius 2 is 1.57 bits per heavy atom. The van der Waals surface area contributed by atoms with E-state index in [4.69, 9.17) is 31.2 Å². The predicted octanol–water partition coefficient (Wildman–Crippen LogP) is 6.31. The van der Waals surface area contributed by atoms with Gasteiger partial charge in [0.25, 0.3) is 0 Å². The van der Waals surface area contributed by atoms with Gasteiger partial charge in [-0.15, -0.1) is 0 Å². The number of rotatable bonds is 11. The largest absolute Gasteiger partial charge is 0.496 e. The van der Waals surface area contributed by atoms with Crippen LogP contribution in [0.25, 0.3) is 10.9 Å². The summed E-state index contributed by atoms with van der Waals surface area (Å²) in [5.74, 6) is 1.64. The number of ketones is 1. The molecular weight excluding hydrogens is 493 g/mol. The molecule has 1 aromatic heterocycles. The molecule has 3 aromatic carbocycles. The Morgan fingerprint density at radius 3 is 2.30 bits per heavy atom. The highest BCUT2D eigenvalue weighted by atomic mass is 32.1. The first-order valence-electron chi connectivity index (χ1n) is 11.5. The van der Waals surface area contributed by atoms with E-state index >= 15 is 0 Å². The fourth-order valence-corrected chi connectivity index (χ4v) is 4.35. The van der Waals surface area contributed by atoms with Crippen molar-refractivity contribution in [2.45, 2.75) is 19.3 Å². The topological polar surface area (TPSA) is 66.9 Å². The molecule has 8 heteroatoms. The number of fused-ring (bicyclic) bond motifs is 1. The number of Topliss-reactive ketones (excluding diaryl/α,β-unsaturated/α-hetero) is 1. The number of halogens is 1. The first kappa shape index (κ1) is 26.0. The lowest BCUT2D eigenvalue weighted by Gasteiger charge is -2.13. The molecule has 0 N–H and O–H groups in total. The van der Waals surface area contributed by atoms with Crippen LogP contribution in [0.4, 0.5) is 4.39 Å². The molecule has 0 aliphatic heterocycles. The summed E-state index contributed by atoms with van der Waals surface area (Å²) in [5.41, 5.74) is 2.09. The number of ether oxygens (including phenoxy) is 4. The molecule has 0 amide bonds. The minimum Gasteiger partial charge on any atom is -0.496 e. The molecule has 0 bridgehead atoms. The number of carbonyl (C=O) groups is 1. The highest BCUT2D eigenvalue weighted by Gasteiger charge is 2.15. The van der Waals surface area contributed by atoms with E-state index in [2.05, 4.69) is 4.98 Å². The van der Waals surface area contributed by atoms with Crippen molar-refractivity contribution in [3.63, 3.8) is 0 Å². The zero-order valence-corrected chi connectivity index (χ0v) is 21.6. The van der Waals surface area contributed by atoms with Crippen LogP contribution in [0.3, 0.4) is 0 Å². The van der Waals surface area contributed by atoms with Crippen LogP contribution in [0.2, 0.25) is 0 Å². The van der Waals surface area contributed by atoms with Gasteiger partial charge in [0.1, 0.15) is 17.3 Å². The zero-order chi connectivity index (χ0) is 26.4. The zero-order valence-electron chi connectivity index (χ0n) is 20.7. The van der Waals surface area contributed by atoms with Crippen LogP contribution in [0, 0.1) is 5.82 Å². The maximum absolute atomic E-state index is 15.0. The van der Waals surface area contributed by atoms with Crippen LogP contribution in [-0.2, 0) is 17.6 Å². The van der Waals surface area contributed by atoms with Crippen LogP contribution in [0.15, 0.2) is 66.9 Å². The van der Waals surface area contributed by atoms with Crippen LogP contribution < -0.4 is 18.9 Å². The molecule has 0 atom stereocenters. The Balaban J connectivity index is 1.44. The normalized spacial score (nSPS) is 10.7. The van der Waals surface area contributed by atoms with Crippen molar-refractivity contribution < 1.29 is 28.1 Å². The third kappa shape index (κ3) is 6.21. The Kier molecular flexibility index (Phi) is 8.30. The second-order valence-electron chi connectivity index (χ2n) is 8.32. The van der Waals surface area contributed by atoms with Gasteiger partial charge in [-0.1, -0.05) is 36.5 Å². The Bertz CT molecular complexity index is 1460. The summed E-state index contributed by atoms with van der Waals surface area (Å²) in [5, 5.41) is 0.651. The molecule has 1 heterocycles. The number of nitrogens with zero attached hydrogens (tertiary/aromatic N) is 1. The summed E-state index contributed by atoms with van der Waals surface area (Å²) in [7, 11) is 4.65. The van der Waals surface area contributed by atoms with E-state index in [0.29, 0.717) is 50.7 Å². The molecule has 0 radical (unpaired) electrons. The summed E-state index contributed by atoms with van der Waals surface area (Å²) < 4.78 is 36.9. The Hall–Kier alpha value is -4.04. The molecule has 0 unspecified atom stereocenters. The van der Waals surface area contributed by atoms with Gasteiger partial charge < -0.3 is 18.9 Å². The fourth-order valence-electron chi connectivity index (χ4n) is 4.03. The van der Waals surface area contributed by atoms with Crippen molar-refractivity contribution in [2.24, 2.45) is 0 Å².